The van der Waals surface area contributed by atoms with Gasteiger partial charge in [-0.2, -0.15) is 0 Å². The lowest BCUT2D eigenvalue weighted by Crippen LogP contribution is -1.75. The standard InChI is InChI=1S/C20H12N2O2/c1-2-14-4-10-18(22-14)20-12-8-16(24-20)6-5-15-7-11-19(23-15)17-9-3-13(1)21-17/h1-12H. The minimum absolute atomic E-state index is 0.746. The van der Waals surface area contributed by atoms with Gasteiger partial charge in [-0.05, 0) is 72.8 Å². The molecule has 2 aliphatic rings. The SMILES string of the molecule is C1=Cc2nc1ccc1nc(c3ccc(ccc4ccc2o4)o3)C=C1. The van der Waals surface area contributed by atoms with E-state index in [2.05, 4.69) is 9.97 Å². The molecule has 0 unspecified atom stereocenters. The minimum Gasteiger partial charge on any atom is -0.455 e. The molecule has 3 aromatic rings. The topological polar surface area (TPSA) is 52.1 Å². The van der Waals surface area contributed by atoms with Crippen LogP contribution in [0, 0.1) is 0 Å². The summed E-state index contributed by atoms with van der Waals surface area (Å²) in [5.41, 5.74) is 6.37. The molecule has 0 radical (unpaired) electrons. The van der Waals surface area contributed by atoms with Gasteiger partial charge in [-0.3, -0.25) is 0 Å². The first kappa shape index (κ1) is 13.1. The molecular weight excluding hydrogens is 300 g/mol. The molecule has 4 heteroatoms. The molecule has 0 aliphatic carbocycles. The van der Waals surface area contributed by atoms with Gasteiger partial charge in [0.15, 0.2) is 11.2 Å². The van der Waals surface area contributed by atoms with Crippen molar-refractivity contribution in [3.63, 3.8) is 0 Å². The summed E-state index contributed by atoms with van der Waals surface area (Å²) in [7, 11) is 0. The Hall–Kier alpha value is -3.40. The van der Waals surface area contributed by atoms with Crippen molar-refractivity contribution in [2.75, 3.05) is 0 Å². The highest BCUT2D eigenvalue weighted by molar-refractivity contribution is 5.80. The molecule has 5 heterocycles. The first-order valence-electron chi connectivity index (χ1n) is 7.68. The second-order valence-corrected chi connectivity index (χ2v) is 5.58. The van der Waals surface area contributed by atoms with Crippen molar-refractivity contribution in [1.29, 1.82) is 0 Å². The third-order valence-electron chi connectivity index (χ3n) is 3.92. The van der Waals surface area contributed by atoms with Crippen LogP contribution in [0.4, 0.5) is 0 Å². The fraction of sp³-hybridized carbons (Fsp3) is 0. The average Bonchev–Trinajstić information content (AvgIpc) is 3.37. The van der Waals surface area contributed by atoms with Crippen LogP contribution in [0.3, 0.4) is 0 Å². The molecule has 3 aromatic heterocycles. The highest BCUT2D eigenvalue weighted by Crippen LogP contribution is 2.21. The Bertz CT molecular complexity index is 1070. The zero-order valence-electron chi connectivity index (χ0n) is 12.6. The molecule has 2 aliphatic heterocycles. The van der Waals surface area contributed by atoms with Crippen molar-refractivity contribution in [2.45, 2.75) is 0 Å². The smallest absolute Gasteiger partial charge is 0.153 e. The van der Waals surface area contributed by atoms with Crippen LogP contribution < -0.4 is 0 Å². The van der Waals surface area contributed by atoms with Gasteiger partial charge >= 0.3 is 0 Å². The van der Waals surface area contributed by atoms with Crippen molar-refractivity contribution in [2.24, 2.45) is 0 Å². The number of hydrogen-bond acceptors (Lipinski definition) is 4. The fourth-order valence-corrected chi connectivity index (χ4v) is 2.71. The minimum atomic E-state index is 0.746. The van der Waals surface area contributed by atoms with Crippen LogP contribution in [0.1, 0.15) is 22.8 Å². The van der Waals surface area contributed by atoms with Crippen molar-refractivity contribution < 1.29 is 8.83 Å². The zero-order valence-corrected chi connectivity index (χ0v) is 12.6. The maximum Gasteiger partial charge on any atom is 0.153 e. The highest BCUT2D eigenvalue weighted by atomic mass is 16.3. The normalized spacial score (nSPS) is 12.7. The first-order chi connectivity index (χ1) is 11.8. The zero-order chi connectivity index (χ0) is 15.9. The van der Waals surface area contributed by atoms with Crippen LogP contribution in [0.2, 0.25) is 0 Å². The largest absolute Gasteiger partial charge is 0.455 e. The monoisotopic (exact) mass is 312 g/mol. The molecule has 24 heavy (non-hydrogen) atoms. The first-order valence-corrected chi connectivity index (χ1v) is 7.68. The van der Waals surface area contributed by atoms with E-state index in [0.29, 0.717) is 0 Å². The molecule has 0 spiro atoms. The van der Waals surface area contributed by atoms with Gasteiger partial charge in [0, 0.05) is 0 Å². The van der Waals surface area contributed by atoms with E-state index < -0.39 is 0 Å². The van der Waals surface area contributed by atoms with Crippen LogP contribution in [0.5, 0.6) is 0 Å². The van der Waals surface area contributed by atoms with Gasteiger partial charge in [-0.25, -0.2) is 9.97 Å². The molecule has 4 nitrogen and oxygen atoms in total. The fourth-order valence-electron chi connectivity index (χ4n) is 2.71. The van der Waals surface area contributed by atoms with E-state index in [0.717, 1.165) is 45.1 Å². The van der Waals surface area contributed by atoms with E-state index in [4.69, 9.17) is 8.83 Å². The summed E-state index contributed by atoms with van der Waals surface area (Å²) in [6.07, 6.45) is 7.83. The molecule has 5 rings (SSSR count). The molecule has 0 atom stereocenters. The average molecular weight is 312 g/mol. The van der Waals surface area contributed by atoms with E-state index in [1.807, 2.05) is 72.8 Å². The molecule has 0 fully saturated rings. The van der Waals surface area contributed by atoms with Crippen LogP contribution in [-0.2, 0) is 0 Å². The van der Waals surface area contributed by atoms with Crippen molar-refractivity contribution in [3.8, 4) is 0 Å². The quantitative estimate of drug-likeness (QED) is 0.395. The van der Waals surface area contributed by atoms with E-state index in [-0.39, 0.29) is 0 Å². The summed E-state index contributed by atoms with van der Waals surface area (Å²) in [5.74, 6) is 0. The van der Waals surface area contributed by atoms with E-state index in [1.165, 1.54) is 0 Å². The van der Waals surface area contributed by atoms with Gasteiger partial charge in [0.1, 0.15) is 22.6 Å². The molecule has 0 saturated heterocycles. The van der Waals surface area contributed by atoms with E-state index >= 15 is 0 Å². The Morgan fingerprint density at radius 2 is 0.958 bits per heavy atom. The Balaban J connectivity index is 1.85. The number of furan rings is 2. The van der Waals surface area contributed by atoms with E-state index in [1.54, 1.807) is 0 Å². The third kappa shape index (κ3) is 2.25. The van der Waals surface area contributed by atoms with Crippen molar-refractivity contribution in [3.05, 3.63) is 71.3 Å². The number of rotatable bonds is 0. The number of nitrogens with zero attached hydrogens (tertiary/aromatic N) is 2. The van der Waals surface area contributed by atoms with Gasteiger partial charge in [0.2, 0.25) is 0 Å². The summed E-state index contributed by atoms with van der Waals surface area (Å²) in [4.78, 5) is 9.14. The Morgan fingerprint density at radius 1 is 0.500 bits per heavy atom. The summed E-state index contributed by atoms with van der Waals surface area (Å²) in [6.45, 7) is 0. The highest BCUT2D eigenvalue weighted by Gasteiger charge is 2.05. The lowest BCUT2D eigenvalue weighted by Gasteiger charge is -1.85. The van der Waals surface area contributed by atoms with Crippen molar-refractivity contribution in [1.82, 2.24) is 9.97 Å². The summed E-state index contributed by atoms with van der Waals surface area (Å²) < 4.78 is 11.7. The Morgan fingerprint density at radius 3 is 1.46 bits per heavy atom. The van der Waals surface area contributed by atoms with Gasteiger partial charge in [-0.15, -0.1) is 0 Å². The predicted octanol–water partition coefficient (Wildman–Crippen LogP) is 5.19. The maximum atomic E-state index is 5.83. The number of hydrogen-bond donors (Lipinski definition) is 0. The molecule has 0 saturated carbocycles. The van der Waals surface area contributed by atoms with Crippen LogP contribution in [-0.4, -0.2) is 9.97 Å². The van der Waals surface area contributed by atoms with Crippen LogP contribution >= 0.6 is 0 Å². The lowest BCUT2D eigenvalue weighted by molar-refractivity contribution is 0.658. The van der Waals surface area contributed by atoms with Gasteiger partial charge < -0.3 is 8.83 Å². The number of fused-ring (bicyclic) bond motifs is 10. The molecule has 8 bridgehead atoms. The third-order valence-corrected chi connectivity index (χ3v) is 3.92. The Labute approximate surface area is 137 Å². The maximum absolute atomic E-state index is 5.83. The van der Waals surface area contributed by atoms with E-state index in [9.17, 15) is 0 Å². The second kappa shape index (κ2) is 5.06. The molecule has 114 valence electrons. The summed E-state index contributed by atoms with van der Waals surface area (Å²) >= 11 is 0. The van der Waals surface area contributed by atoms with Gasteiger partial charge in [0.05, 0.1) is 11.4 Å². The van der Waals surface area contributed by atoms with Gasteiger partial charge in [0.25, 0.3) is 0 Å². The molecular formula is C20H12N2O2. The molecule has 0 N–H and O–H groups in total. The van der Waals surface area contributed by atoms with Crippen molar-refractivity contribution >= 4 is 46.6 Å². The van der Waals surface area contributed by atoms with Crippen LogP contribution in [0.25, 0.3) is 46.6 Å². The van der Waals surface area contributed by atoms with Gasteiger partial charge in [-0.1, -0.05) is 0 Å². The molecule has 0 amide bonds. The summed E-state index contributed by atoms with van der Waals surface area (Å²) in [5, 5.41) is 0. The molecule has 0 aromatic carbocycles. The van der Waals surface area contributed by atoms with Crippen LogP contribution in [0.15, 0.2) is 57.4 Å². The Kier molecular flexibility index (Phi) is 2.76. The lowest BCUT2D eigenvalue weighted by atomic mass is 10.3. The summed E-state index contributed by atoms with van der Waals surface area (Å²) in [6, 6.07) is 15.3. The number of aromatic nitrogens is 2. The predicted molar refractivity (Wildman–Crippen MR) is 94.7 cm³/mol. The second-order valence-electron chi connectivity index (χ2n) is 5.58.